The van der Waals surface area contributed by atoms with E-state index in [1.54, 1.807) is 0 Å². The number of hydrogen-bond acceptors (Lipinski definition) is 2. The average molecular weight is 317 g/mol. The lowest BCUT2D eigenvalue weighted by molar-refractivity contribution is 0.385. The molecule has 0 amide bonds. The van der Waals surface area contributed by atoms with Crippen LogP contribution in [0.1, 0.15) is 85.9 Å². The van der Waals surface area contributed by atoms with Crippen LogP contribution in [0.25, 0.3) is 0 Å². The fraction of sp³-hybridized carbons (Fsp3) is 0.714. The van der Waals surface area contributed by atoms with E-state index < -0.39 is 0 Å². The molecule has 0 spiro atoms. The first-order valence-electron chi connectivity index (χ1n) is 8.99. The van der Waals surface area contributed by atoms with Gasteiger partial charge in [-0.05, 0) is 48.3 Å². The molecule has 1 heterocycles. The van der Waals surface area contributed by atoms with Crippen molar-refractivity contribution in [2.75, 3.05) is 6.54 Å². The van der Waals surface area contributed by atoms with E-state index in [-0.39, 0.29) is 5.41 Å². The highest BCUT2D eigenvalue weighted by Crippen LogP contribution is 2.23. The minimum absolute atomic E-state index is 0.0740. The predicted octanol–water partition coefficient (Wildman–Crippen LogP) is 6.04. The SMILES string of the molecule is CC(C)CCC(=NCCC(C)(C)C)c1ccnc(C(C)(C)C)c1. The van der Waals surface area contributed by atoms with Gasteiger partial charge >= 0.3 is 0 Å². The molecule has 0 radical (unpaired) electrons. The van der Waals surface area contributed by atoms with E-state index in [0.717, 1.165) is 25.1 Å². The van der Waals surface area contributed by atoms with Crippen molar-refractivity contribution >= 4 is 5.71 Å². The summed E-state index contributed by atoms with van der Waals surface area (Å²) in [6, 6.07) is 4.35. The summed E-state index contributed by atoms with van der Waals surface area (Å²) in [6.07, 6.45) is 5.29. The maximum absolute atomic E-state index is 4.96. The fourth-order valence-electron chi connectivity index (χ4n) is 2.29. The van der Waals surface area contributed by atoms with E-state index in [0.29, 0.717) is 11.3 Å². The Hall–Kier alpha value is -1.18. The number of nitrogens with zero attached hydrogens (tertiary/aromatic N) is 2. The van der Waals surface area contributed by atoms with E-state index >= 15 is 0 Å². The van der Waals surface area contributed by atoms with Crippen molar-refractivity contribution < 1.29 is 0 Å². The third-order valence-electron chi connectivity index (χ3n) is 3.98. The van der Waals surface area contributed by atoms with Gasteiger partial charge in [-0.2, -0.15) is 0 Å². The molecule has 0 saturated heterocycles. The zero-order valence-corrected chi connectivity index (χ0v) is 16.5. The van der Waals surface area contributed by atoms with Gasteiger partial charge in [0.15, 0.2) is 0 Å². The molecule has 0 unspecified atom stereocenters. The average Bonchev–Trinajstić information content (AvgIpc) is 2.40. The summed E-state index contributed by atoms with van der Waals surface area (Å²) in [4.78, 5) is 9.52. The Labute approximate surface area is 143 Å². The monoisotopic (exact) mass is 316 g/mol. The Morgan fingerprint density at radius 2 is 1.78 bits per heavy atom. The van der Waals surface area contributed by atoms with Gasteiger partial charge in [-0.25, -0.2) is 0 Å². The highest BCUT2D eigenvalue weighted by Gasteiger charge is 2.17. The van der Waals surface area contributed by atoms with Gasteiger partial charge in [0.2, 0.25) is 0 Å². The second-order valence-electron chi connectivity index (χ2n) is 9.25. The quantitative estimate of drug-likeness (QED) is 0.587. The smallest absolute Gasteiger partial charge is 0.0463 e. The van der Waals surface area contributed by atoms with Crippen LogP contribution in [0, 0.1) is 11.3 Å². The fourth-order valence-corrected chi connectivity index (χ4v) is 2.29. The van der Waals surface area contributed by atoms with Gasteiger partial charge in [0, 0.05) is 29.6 Å². The van der Waals surface area contributed by atoms with Crippen molar-refractivity contribution in [2.45, 2.75) is 80.1 Å². The van der Waals surface area contributed by atoms with Crippen molar-refractivity contribution in [1.29, 1.82) is 0 Å². The number of aromatic nitrogens is 1. The molecular formula is C21H36N2. The highest BCUT2D eigenvalue weighted by molar-refractivity contribution is 6.00. The van der Waals surface area contributed by atoms with Crippen molar-refractivity contribution in [3.05, 3.63) is 29.6 Å². The van der Waals surface area contributed by atoms with Crippen LogP contribution >= 0.6 is 0 Å². The Morgan fingerprint density at radius 1 is 1.13 bits per heavy atom. The molecule has 1 aromatic rings. The lowest BCUT2D eigenvalue weighted by atomic mass is 9.89. The molecule has 0 bridgehead atoms. The molecule has 0 N–H and O–H groups in total. The Balaban J connectivity index is 3.01. The molecule has 1 aromatic heterocycles. The van der Waals surface area contributed by atoms with Crippen LogP contribution in [-0.2, 0) is 5.41 Å². The van der Waals surface area contributed by atoms with E-state index in [4.69, 9.17) is 4.99 Å². The molecule has 0 saturated carbocycles. The minimum Gasteiger partial charge on any atom is -0.289 e. The molecule has 0 aliphatic rings. The van der Waals surface area contributed by atoms with Gasteiger partial charge in [0.25, 0.3) is 0 Å². The summed E-state index contributed by atoms with van der Waals surface area (Å²) >= 11 is 0. The van der Waals surface area contributed by atoms with Gasteiger partial charge in [0.05, 0.1) is 0 Å². The van der Waals surface area contributed by atoms with Gasteiger partial charge in [-0.3, -0.25) is 9.98 Å². The minimum atomic E-state index is 0.0740. The van der Waals surface area contributed by atoms with Crippen molar-refractivity contribution in [3.63, 3.8) is 0 Å². The maximum atomic E-state index is 4.96. The Kier molecular flexibility index (Phi) is 6.98. The second kappa shape index (κ2) is 8.08. The molecular weight excluding hydrogens is 280 g/mol. The number of aliphatic imine (C=N–C) groups is 1. The lowest BCUT2D eigenvalue weighted by Gasteiger charge is -2.19. The molecule has 130 valence electrons. The molecule has 0 aromatic carbocycles. The van der Waals surface area contributed by atoms with Gasteiger partial charge < -0.3 is 0 Å². The number of pyridine rings is 1. The molecule has 23 heavy (non-hydrogen) atoms. The summed E-state index contributed by atoms with van der Waals surface area (Å²) in [5.74, 6) is 0.701. The predicted molar refractivity (Wildman–Crippen MR) is 102 cm³/mol. The van der Waals surface area contributed by atoms with Crippen molar-refractivity contribution in [1.82, 2.24) is 4.98 Å². The van der Waals surface area contributed by atoms with E-state index in [2.05, 4.69) is 72.5 Å². The van der Waals surface area contributed by atoms with Crippen LogP contribution in [0.15, 0.2) is 23.3 Å². The largest absolute Gasteiger partial charge is 0.289 e. The number of hydrogen-bond donors (Lipinski definition) is 0. The Morgan fingerprint density at radius 3 is 2.30 bits per heavy atom. The second-order valence-corrected chi connectivity index (χ2v) is 9.25. The summed E-state index contributed by atoms with van der Waals surface area (Å²) in [7, 11) is 0. The third-order valence-corrected chi connectivity index (χ3v) is 3.98. The summed E-state index contributed by atoms with van der Waals surface area (Å²) in [5, 5.41) is 0. The first kappa shape index (κ1) is 19.9. The molecule has 2 nitrogen and oxygen atoms in total. The van der Waals surface area contributed by atoms with E-state index in [9.17, 15) is 0 Å². The van der Waals surface area contributed by atoms with E-state index in [1.807, 2.05) is 6.20 Å². The summed E-state index contributed by atoms with van der Waals surface area (Å²) < 4.78 is 0. The zero-order valence-electron chi connectivity index (χ0n) is 16.5. The van der Waals surface area contributed by atoms with Crippen molar-refractivity contribution in [3.8, 4) is 0 Å². The first-order valence-corrected chi connectivity index (χ1v) is 8.99. The molecule has 1 rings (SSSR count). The highest BCUT2D eigenvalue weighted by atomic mass is 14.7. The van der Waals surface area contributed by atoms with Gasteiger partial charge in [-0.15, -0.1) is 0 Å². The standard InChI is InChI=1S/C21H36N2/c1-16(2)9-10-18(22-14-12-20(3,4)5)17-11-13-23-19(15-17)21(6,7)8/h11,13,15-16H,9-10,12,14H2,1-8H3. The molecule has 0 atom stereocenters. The first-order chi connectivity index (χ1) is 10.5. The van der Waals surface area contributed by atoms with Crippen LogP contribution in [0.2, 0.25) is 0 Å². The van der Waals surface area contributed by atoms with Crippen LogP contribution in [0.5, 0.6) is 0 Å². The van der Waals surface area contributed by atoms with Crippen LogP contribution in [-0.4, -0.2) is 17.2 Å². The van der Waals surface area contributed by atoms with Crippen molar-refractivity contribution in [2.24, 2.45) is 16.3 Å². The van der Waals surface area contributed by atoms with E-state index in [1.165, 1.54) is 17.7 Å². The van der Waals surface area contributed by atoms with Gasteiger partial charge in [0.1, 0.15) is 0 Å². The molecule has 0 aliphatic carbocycles. The molecule has 0 aliphatic heterocycles. The van der Waals surface area contributed by atoms with Crippen LogP contribution in [0.3, 0.4) is 0 Å². The molecule has 2 heteroatoms. The van der Waals surface area contributed by atoms with Gasteiger partial charge in [-0.1, -0.05) is 55.4 Å². The Bertz CT molecular complexity index is 513. The normalized spacial score (nSPS) is 13.7. The summed E-state index contributed by atoms with van der Waals surface area (Å²) in [5.41, 5.74) is 4.05. The summed E-state index contributed by atoms with van der Waals surface area (Å²) in [6.45, 7) is 18.9. The maximum Gasteiger partial charge on any atom is 0.0463 e. The number of rotatable bonds is 6. The molecule has 0 fully saturated rings. The van der Waals surface area contributed by atoms with Crippen LogP contribution < -0.4 is 0 Å². The topological polar surface area (TPSA) is 25.2 Å². The third kappa shape index (κ3) is 7.76. The zero-order chi connectivity index (χ0) is 17.7. The van der Waals surface area contributed by atoms with Crippen LogP contribution in [0.4, 0.5) is 0 Å². The lowest BCUT2D eigenvalue weighted by Crippen LogP contribution is -2.15.